The van der Waals surface area contributed by atoms with E-state index >= 15 is 0 Å². The number of nitrogens with one attached hydrogen (secondary N) is 2. The van der Waals surface area contributed by atoms with Gasteiger partial charge in [-0.3, -0.25) is 9.59 Å². The summed E-state index contributed by atoms with van der Waals surface area (Å²) in [4.78, 5) is 24.9. The van der Waals surface area contributed by atoms with Crippen LogP contribution in [0.2, 0.25) is 5.02 Å². The number of nitrogens with zero attached hydrogens (tertiary/aromatic N) is 3. The number of hydrogen-bond acceptors (Lipinski definition) is 5. The monoisotopic (exact) mass is 471 g/mol. The van der Waals surface area contributed by atoms with E-state index in [1.807, 2.05) is 42.7 Å². The number of hydrogen-bond donors (Lipinski definition) is 2. The highest BCUT2D eigenvalue weighted by Crippen LogP contribution is 2.21. The van der Waals surface area contributed by atoms with E-state index in [0.717, 1.165) is 12.1 Å². The third-order valence-electron chi connectivity index (χ3n) is 4.88. The second-order valence-corrected chi connectivity index (χ2v) is 8.55. The van der Waals surface area contributed by atoms with E-state index in [4.69, 9.17) is 11.6 Å². The summed E-state index contributed by atoms with van der Waals surface area (Å²) in [6.45, 7) is 6.53. The zero-order valence-electron chi connectivity index (χ0n) is 18.3. The van der Waals surface area contributed by atoms with Crippen LogP contribution in [0.25, 0.3) is 0 Å². The van der Waals surface area contributed by atoms with Crippen LogP contribution in [0.4, 0.5) is 5.69 Å². The molecular weight excluding hydrogens is 446 g/mol. The van der Waals surface area contributed by atoms with Crippen LogP contribution in [-0.4, -0.2) is 32.3 Å². The maximum atomic E-state index is 12.5. The average Bonchev–Trinajstić information content (AvgIpc) is 3.21. The Hall–Kier alpha value is -2.84. The largest absolute Gasteiger partial charge is 0.342 e. The molecule has 0 aliphatic heterocycles. The van der Waals surface area contributed by atoms with Crippen molar-refractivity contribution in [3.8, 4) is 0 Å². The lowest BCUT2D eigenvalue weighted by molar-refractivity contribution is -0.113. The molecule has 0 radical (unpaired) electrons. The molecule has 32 heavy (non-hydrogen) atoms. The summed E-state index contributed by atoms with van der Waals surface area (Å²) in [5.41, 5.74) is 2.50. The number of amides is 2. The number of aryl methyl sites for hydroxylation is 1. The van der Waals surface area contributed by atoms with Crippen LogP contribution in [0.5, 0.6) is 0 Å². The van der Waals surface area contributed by atoms with Gasteiger partial charge in [0.25, 0.3) is 5.91 Å². The van der Waals surface area contributed by atoms with Crippen molar-refractivity contribution in [1.82, 2.24) is 20.1 Å². The Morgan fingerprint density at radius 2 is 1.75 bits per heavy atom. The Balaban J connectivity index is 1.60. The van der Waals surface area contributed by atoms with E-state index in [0.29, 0.717) is 28.1 Å². The van der Waals surface area contributed by atoms with Gasteiger partial charge in [-0.2, -0.15) is 0 Å². The quantitative estimate of drug-likeness (QED) is 0.440. The summed E-state index contributed by atoms with van der Waals surface area (Å²) in [7, 11) is 0. The van der Waals surface area contributed by atoms with Gasteiger partial charge in [0.05, 0.1) is 11.8 Å². The summed E-state index contributed by atoms with van der Waals surface area (Å²) in [5.74, 6) is 0.505. The van der Waals surface area contributed by atoms with Crippen LogP contribution in [0.15, 0.2) is 53.7 Å². The number of carbonyl (C=O) groups excluding carboxylic acids is 2. The summed E-state index contributed by atoms with van der Waals surface area (Å²) < 4.78 is 1.90. The Labute approximate surface area is 197 Å². The van der Waals surface area contributed by atoms with Gasteiger partial charge in [-0.05, 0) is 62.2 Å². The van der Waals surface area contributed by atoms with E-state index in [1.54, 1.807) is 24.3 Å². The molecule has 0 aliphatic carbocycles. The molecule has 0 bridgehead atoms. The highest BCUT2D eigenvalue weighted by molar-refractivity contribution is 7.99. The molecule has 0 spiro atoms. The second-order valence-electron chi connectivity index (χ2n) is 7.17. The van der Waals surface area contributed by atoms with Gasteiger partial charge in [0, 0.05) is 22.8 Å². The number of thioether (sulfide) groups is 1. The molecule has 168 valence electrons. The normalized spacial score (nSPS) is 11.8. The molecule has 3 aromatic rings. The first-order valence-corrected chi connectivity index (χ1v) is 11.8. The van der Waals surface area contributed by atoms with Crippen molar-refractivity contribution in [3.05, 3.63) is 70.5 Å². The standard InChI is InChI=1S/C23H26ClN5O2S/c1-4-16-6-12-19(13-7-16)26-20(30)14-32-23-28-27-21(29(23)5-2)15(3)25-22(31)17-8-10-18(24)11-9-17/h6-13,15H,4-5,14H2,1-3H3,(H,25,31)(H,26,30)/t15-/m1/s1. The van der Waals surface area contributed by atoms with Crippen LogP contribution in [0.1, 0.15) is 48.6 Å². The molecular formula is C23H26ClN5O2S. The molecule has 9 heteroatoms. The van der Waals surface area contributed by atoms with Gasteiger partial charge in [0.15, 0.2) is 11.0 Å². The predicted molar refractivity (Wildman–Crippen MR) is 128 cm³/mol. The van der Waals surface area contributed by atoms with E-state index < -0.39 is 0 Å². The molecule has 0 fully saturated rings. The van der Waals surface area contributed by atoms with Crippen LogP contribution in [-0.2, 0) is 17.8 Å². The van der Waals surface area contributed by atoms with Crippen molar-refractivity contribution in [2.24, 2.45) is 0 Å². The van der Waals surface area contributed by atoms with Crippen LogP contribution >= 0.6 is 23.4 Å². The van der Waals surface area contributed by atoms with E-state index in [9.17, 15) is 9.59 Å². The van der Waals surface area contributed by atoms with Gasteiger partial charge in [-0.1, -0.05) is 42.4 Å². The van der Waals surface area contributed by atoms with Crippen LogP contribution in [0, 0.1) is 0 Å². The summed E-state index contributed by atoms with van der Waals surface area (Å²) in [6.07, 6.45) is 0.956. The van der Waals surface area contributed by atoms with Crippen LogP contribution in [0.3, 0.4) is 0 Å². The van der Waals surface area contributed by atoms with Gasteiger partial charge in [-0.25, -0.2) is 0 Å². The minimum Gasteiger partial charge on any atom is -0.342 e. The Morgan fingerprint density at radius 1 is 1.06 bits per heavy atom. The number of rotatable bonds is 9. The van der Waals surface area contributed by atoms with Gasteiger partial charge in [-0.15, -0.1) is 10.2 Å². The summed E-state index contributed by atoms with van der Waals surface area (Å²) in [6, 6.07) is 14.1. The Morgan fingerprint density at radius 3 is 2.38 bits per heavy atom. The minimum atomic E-state index is -0.356. The van der Waals surface area contributed by atoms with Crippen molar-refractivity contribution in [3.63, 3.8) is 0 Å². The lowest BCUT2D eigenvalue weighted by Crippen LogP contribution is -2.28. The Kier molecular flexibility index (Phi) is 8.30. The summed E-state index contributed by atoms with van der Waals surface area (Å²) in [5, 5.41) is 15.5. The maximum absolute atomic E-state index is 12.5. The number of halogens is 1. The highest BCUT2D eigenvalue weighted by Gasteiger charge is 2.20. The first-order valence-electron chi connectivity index (χ1n) is 10.4. The number of anilines is 1. The first-order chi connectivity index (χ1) is 15.4. The molecule has 1 heterocycles. The van der Waals surface area contributed by atoms with E-state index in [-0.39, 0.29) is 23.6 Å². The summed E-state index contributed by atoms with van der Waals surface area (Å²) >= 11 is 7.20. The number of benzene rings is 2. The molecule has 2 aromatic carbocycles. The number of aromatic nitrogens is 3. The lowest BCUT2D eigenvalue weighted by atomic mass is 10.1. The molecule has 0 saturated heterocycles. The molecule has 0 aliphatic rings. The molecule has 7 nitrogen and oxygen atoms in total. The molecule has 2 N–H and O–H groups in total. The molecule has 3 rings (SSSR count). The number of carbonyl (C=O) groups is 2. The molecule has 0 unspecified atom stereocenters. The van der Waals surface area contributed by atoms with Gasteiger partial charge < -0.3 is 15.2 Å². The second kappa shape index (κ2) is 11.2. The highest BCUT2D eigenvalue weighted by atomic mass is 35.5. The predicted octanol–water partition coefficient (Wildman–Crippen LogP) is 4.74. The van der Waals surface area contributed by atoms with Crippen molar-refractivity contribution in [2.45, 2.75) is 44.9 Å². The Bertz CT molecular complexity index is 1070. The van der Waals surface area contributed by atoms with Crippen molar-refractivity contribution >= 4 is 40.9 Å². The molecule has 0 saturated carbocycles. The third kappa shape index (κ3) is 6.11. The minimum absolute atomic E-state index is 0.115. The van der Waals surface area contributed by atoms with Crippen molar-refractivity contribution in [1.29, 1.82) is 0 Å². The van der Waals surface area contributed by atoms with E-state index in [2.05, 4.69) is 27.8 Å². The van der Waals surface area contributed by atoms with Gasteiger partial charge in [0.1, 0.15) is 0 Å². The fraction of sp³-hybridized carbons (Fsp3) is 0.304. The lowest BCUT2D eigenvalue weighted by Gasteiger charge is -2.15. The molecule has 2 amide bonds. The molecule has 1 atom stereocenters. The first kappa shape index (κ1) is 23.8. The maximum Gasteiger partial charge on any atom is 0.251 e. The molecule has 1 aromatic heterocycles. The fourth-order valence-electron chi connectivity index (χ4n) is 3.12. The van der Waals surface area contributed by atoms with Gasteiger partial charge >= 0.3 is 0 Å². The third-order valence-corrected chi connectivity index (χ3v) is 6.10. The zero-order valence-corrected chi connectivity index (χ0v) is 19.8. The SMILES string of the molecule is CCc1ccc(NC(=O)CSc2nnc([C@@H](C)NC(=O)c3ccc(Cl)cc3)n2CC)cc1. The topological polar surface area (TPSA) is 88.9 Å². The fourth-order valence-corrected chi connectivity index (χ4v) is 4.06. The van der Waals surface area contributed by atoms with E-state index in [1.165, 1.54) is 17.3 Å². The van der Waals surface area contributed by atoms with Crippen LogP contribution < -0.4 is 10.6 Å². The van der Waals surface area contributed by atoms with Crippen molar-refractivity contribution in [2.75, 3.05) is 11.1 Å². The van der Waals surface area contributed by atoms with Crippen molar-refractivity contribution < 1.29 is 9.59 Å². The average molecular weight is 472 g/mol. The van der Waals surface area contributed by atoms with Gasteiger partial charge in [0.2, 0.25) is 5.91 Å². The smallest absolute Gasteiger partial charge is 0.251 e. The zero-order chi connectivity index (χ0) is 23.1.